The first-order valence-corrected chi connectivity index (χ1v) is 5.25. The van der Waals surface area contributed by atoms with Crippen molar-refractivity contribution >= 4 is 28.9 Å². The number of rotatable bonds is 5. The molecular formula is C10H9Cl2NO3. The zero-order valence-electron chi connectivity index (χ0n) is 8.28. The van der Waals surface area contributed by atoms with E-state index in [0.29, 0.717) is 5.57 Å². The predicted molar refractivity (Wildman–Crippen MR) is 63.5 cm³/mol. The van der Waals surface area contributed by atoms with E-state index in [1.165, 1.54) is 18.2 Å². The molecule has 0 saturated carbocycles. The van der Waals surface area contributed by atoms with Crippen molar-refractivity contribution < 1.29 is 9.66 Å². The minimum atomic E-state index is -0.551. The Morgan fingerprint density at radius 3 is 2.81 bits per heavy atom. The Hall–Kier alpha value is -1.26. The average molecular weight is 262 g/mol. The summed E-state index contributed by atoms with van der Waals surface area (Å²) >= 11 is 11.2. The number of alkyl halides is 1. The summed E-state index contributed by atoms with van der Waals surface area (Å²) in [7, 11) is 0. The fraction of sp³-hybridized carbons (Fsp3) is 0.200. The van der Waals surface area contributed by atoms with Crippen molar-refractivity contribution in [2.24, 2.45) is 0 Å². The lowest BCUT2D eigenvalue weighted by molar-refractivity contribution is -0.385. The van der Waals surface area contributed by atoms with Gasteiger partial charge in [-0.3, -0.25) is 10.1 Å². The van der Waals surface area contributed by atoms with Crippen LogP contribution in [0.5, 0.6) is 5.75 Å². The summed E-state index contributed by atoms with van der Waals surface area (Å²) in [5.41, 5.74) is 0.473. The van der Waals surface area contributed by atoms with Gasteiger partial charge in [-0.25, -0.2) is 0 Å². The number of nitro groups is 1. The van der Waals surface area contributed by atoms with Gasteiger partial charge in [-0.2, -0.15) is 0 Å². The molecule has 1 aromatic rings. The molecule has 0 radical (unpaired) electrons. The summed E-state index contributed by atoms with van der Waals surface area (Å²) in [5, 5.41) is 11.0. The third kappa shape index (κ3) is 3.40. The highest BCUT2D eigenvalue weighted by atomic mass is 35.5. The molecule has 0 aliphatic carbocycles. The molecule has 0 fully saturated rings. The summed E-state index contributed by atoms with van der Waals surface area (Å²) in [4.78, 5) is 10.2. The molecule has 0 spiro atoms. The number of nitrogens with zero attached hydrogens (tertiary/aromatic N) is 1. The van der Waals surface area contributed by atoms with Gasteiger partial charge in [0, 0.05) is 17.0 Å². The summed E-state index contributed by atoms with van der Waals surface area (Å²) < 4.78 is 5.22. The van der Waals surface area contributed by atoms with Crippen LogP contribution in [-0.2, 0) is 0 Å². The highest BCUT2D eigenvalue weighted by Gasteiger charge is 2.15. The highest BCUT2D eigenvalue weighted by Crippen LogP contribution is 2.30. The first-order valence-electron chi connectivity index (χ1n) is 4.34. The smallest absolute Gasteiger partial charge is 0.312 e. The van der Waals surface area contributed by atoms with E-state index in [4.69, 9.17) is 27.9 Å². The van der Waals surface area contributed by atoms with Crippen LogP contribution >= 0.6 is 23.2 Å². The second kappa shape index (κ2) is 5.72. The maximum absolute atomic E-state index is 10.7. The molecule has 4 nitrogen and oxygen atoms in total. The van der Waals surface area contributed by atoms with Crippen LogP contribution in [-0.4, -0.2) is 17.4 Å². The summed E-state index contributed by atoms with van der Waals surface area (Å²) in [6.07, 6.45) is 0. The van der Waals surface area contributed by atoms with Gasteiger partial charge in [0.05, 0.1) is 4.92 Å². The van der Waals surface area contributed by atoms with Crippen molar-refractivity contribution in [1.29, 1.82) is 0 Å². The lowest BCUT2D eigenvalue weighted by Crippen LogP contribution is -2.03. The molecule has 0 aromatic heterocycles. The number of hydrogen-bond donors (Lipinski definition) is 0. The largest absolute Gasteiger partial charge is 0.482 e. The molecule has 0 atom stereocenters. The molecule has 0 aliphatic rings. The molecule has 0 saturated heterocycles. The standard InChI is InChI=1S/C10H9Cl2NO3/c1-7(5-11)6-16-10-3-2-8(12)4-9(10)13(14)15/h2-4H,1,5-6H2. The summed E-state index contributed by atoms with van der Waals surface area (Å²) in [5.74, 6) is 0.405. The van der Waals surface area contributed by atoms with Gasteiger partial charge in [-0.05, 0) is 17.7 Å². The van der Waals surface area contributed by atoms with Crippen LogP contribution in [0.1, 0.15) is 0 Å². The van der Waals surface area contributed by atoms with Gasteiger partial charge < -0.3 is 4.74 Å². The molecule has 6 heteroatoms. The van der Waals surface area contributed by atoms with E-state index in [2.05, 4.69) is 6.58 Å². The first kappa shape index (κ1) is 12.8. The number of hydrogen-bond acceptors (Lipinski definition) is 3. The Morgan fingerprint density at radius 2 is 2.25 bits per heavy atom. The zero-order chi connectivity index (χ0) is 12.1. The van der Waals surface area contributed by atoms with Gasteiger partial charge in [-0.15, -0.1) is 11.6 Å². The van der Waals surface area contributed by atoms with E-state index >= 15 is 0 Å². The Bertz CT molecular complexity index is 421. The third-order valence-electron chi connectivity index (χ3n) is 1.74. The first-order chi connectivity index (χ1) is 7.54. The molecule has 0 bridgehead atoms. The SMILES string of the molecule is C=C(CCl)COc1ccc(Cl)cc1[N+](=O)[O-]. The van der Waals surface area contributed by atoms with E-state index in [-0.39, 0.29) is 28.9 Å². The topological polar surface area (TPSA) is 52.4 Å². The molecular weight excluding hydrogens is 253 g/mol. The molecule has 0 unspecified atom stereocenters. The van der Waals surface area contributed by atoms with Crippen molar-refractivity contribution in [3.8, 4) is 5.75 Å². The van der Waals surface area contributed by atoms with E-state index in [0.717, 1.165) is 0 Å². The minimum absolute atomic E-state index is 0.145. The number of halogens is 2. The van der Waals surface area contributed by atoms with Crippen LogP contribution in [0.2, 0.25) is 5.02 Å². The molecule has 16 heavy (non-hydrogen) atoms. The number of ether oxygens (including phenoxy) is 1. The van der Waals surface area contributed by atoms with Gasteiger partial charge in [0.1, 0.15) is 6.61 Å². The Morgan fingerprint density at radius 1 is 1.56 bits per heavy atom. The van der Waals surface area contributed by atoms with E-state index in [1.807, 2.05) is 0 Å². The van der Waals surface area contributed by atoms with Crippen LogP contribution in [0.15, 0.2) is 30.4 Å². The second-order valence-electron chi connectivity index (χ2n) is 3.04. The maximum Gasteiger partial charge on any atom is 0.312 e. The quantitative estimate of drug-likeness (QED) is 0.353. The van der Waals surface area contributed by atoms with Gasteiger partial charge in [0.2, 0.25) is 0 Å². The molecule has 1 rings (SSSR count). The van der Waals surface area contributed by atoms with E-state index in [1.54, 1.807) is 0 Å². The number of benzene rings is 1. The van der Waals surface area contributed by atoms with Crippen LogP contribution in [0.3, 0.4) is 0 Å². The van der Waals surface area contributed by atoms with Crippen LogP contribution < -0.4 is 4.74 Å². The summed E-state index contributed by atoms with van der Waals surface area (Å²) in [6.45, 7) is 3.77. The lowest BCUT2D eigenvalue weighted by atomic mass is 10.3. The van der Waals surface area contributed by atoms with Crippen molar-refractivity contribution in [2.75, 3.05) is 12.5 Å². The second-order valence-corrected chi connectivity index (χ2v) is 3.75. The molecule has 0 heterocycles. The van der Waals surface area contributed by atoms with Crippen LogP contribution in [0, 0.1) is 10.1 Å². The monoisotopic (exact) mass is 261 g/mol. The third-order valence-corrected chi connectivity index (χ3v) is 2.35. The van der Waals surface area contributed by atoms with Crippen molar-refractivity contribution in [2.45, 2.75) is 0 Å². The molecule has 86 valence electrons. The van der Waals surface area contributed by atoms with Crippen molar-refractivity contribution in [1.82, 2.24) is 0 Å². The maximum atomic E-state index is 10.7. The highest BCUT2D eigenvalue weighted by molar-refractivity contribution is 6.30. The Kier molecular flexibility index (Phi) is 4.58. The lowest BCUT2D eigenvalue weighted by Gasteiger charge is -2.07. The average Bonchev–Trinajstić information content (AvgIpc) is 2.26. The van der Waals surface area contributed by atoms with Gasteiger partial charge in [0.25, 0.3) is 0 Å². The Balaban J connectivity index is 2.87. The zero-order valence-corrected chi connectivity index (χ0v) is 9.79. The minimum Gasteiger partial charge on any atom is -0.482 e. The fourth-order valence-electron chi connectivity index (χ4n) is 0.974. The molecule has 0 N–H and O–H groups in total. The normalized spacial score (nSPS) is 9.88. The molecule has 0 amide bonds. The van der Waals surface area contributed by atoms with Gasteiger partial charge in [0.15, 0.2) is 5.75 Å². The van der Waals surface area contributed by atoms with Gasteiger partial charge >= 0.3 is 5.69 Å². The predicted octanol–water partition coefficient (Wildman–Crippen LogP) is 3.42. The van der Waals surface area contributed by atoms with Crippen molar-refractivity contribution in [3.63, 3.8) is 0 Å². The molecule has 1 aromatic carbocycles. The van der Waals surface area contributed by atoms with Gasteiger partial charge in [-0.1, -0.05) is 18.2 Å². The number of nitro benzene ring substituents is 1. The van der Waals surface area contributed by atoms with E-state index < -0.39 is 4.92 Å². The van der Waals surface area contributed by atoms with Crippen molar-refractivity contribution in [3.05, 3.63) is 45.5 Å². The molecule has 0 aliphatic heterocycles. The fourth-order valence-corrected chi connectivity index (χ4v) is 1.22. The van der Waals surface area contributed by atoms with Crippen LogP contribution in [0.4, 0.5) is 5.69 Å². The van der Waals surface area contributed by atoms with Crippen LogP contribution in [0.25, 0.3) is 0 Å². The Labute approximate surface area is 103 Å². The summed E-state index contributed by atoms with van der Waals surface area (Å²) in [6, 6.07) is 4.20. The van der Waals surface area contributed by atoms with E-state index in [9.17, 15) is 10.1 Å².